The maximum Gasteiger partial charge on any atom is 0.0381 e. The summed E-state index contributed by atoms with van der Waals surface area (Å²) in [5.74, 6) is 0. The second-order valence-corrected chi connectivity index (χ2v) is 6.04. The summed E-state index contributed by atoms with van der Waals surface area (Å²) in [7, 11) is 12.3. The lowest BCUT2D eigenvalue weighted by molar-refractivity contribution is 1.10. The number of hydrogen-bond donors (Lipinski definition) is 0. The molecule has 0 fully saturated rings. The standard InChI is InChI=1S/C10H16N2.C9H13N/c1-11(2)9-6-5-7-10(8-9)12(3)4;1-8-4-6-9(7-5-8)10(2)3/h5-8H,1-4H3;4-7H,1-3H3. The lowest BCUT2D eigenvalue weighted by Crippen LogP contribution is -2.12. The zero-order valence-corrected chi connectivity index (χ0v) is 15.0. The summed E-state index contributed by atoms with van der Waals surface area (Å²) in [5.41, 5.74) is 5.04. The van der Waals surface area contributed by atoms with Crippen molar-refractivity contribution in [3.8, 4) is 0 Å². The van der Waals surface area contributed by atoms with Crippen LogP contribution in [0.25, 0.3) is 0 Å². The van der Waals surface area contributed by atoms with Crippen LogP contribution in [0.4, 0.5) is 17.1 Å². The first-order valence-electron chi connectivity index (χ1n) is 7.50. The van der Waals surface area contributed by atoms with Gasteiger partial charge in [-0.2, -0.15) is 0 Å². The lowest BCUT2D eigenvalue weighted by Gasteiger charge is -2.17. The summed E-state index contributed by atoms with van der Waals surface area (Å²) >= 11 is 0. The topological polar surface area (TPSA) is 9.72 Å². The van der Waals surface area contributed by atoms with Gasteiger partial charge < -0.3 is 14.7 Å². The molecule has 2 aromatic rings. The Bertz CT molecular complexity index is 534. The number of benzene rings is 2. The van der Waals surface area contributed by atoms with Crippen molar-refractivity contribution in [1.29, 1.82) is 0 Å². The molecule has 3 heteroatoms. The smallest absolute Gasteiger partial charge is 0.0381 e. The average Bonchev–Trinajstić information content (AvgIpc) is 2.48. The number of aryl methyl sites for hydroxylation is 1. The van der Waals surface area contributed by atoms with Gasteiger partial charge in [0.25, 0.3) is 0 Å². The minimum absolute atomic E-state index is 1.24. The van der Waals surface area contributed by atoms with Crippen LogP contribution >= 0.6 is 0 Å². The van der Waals surface area contributed by atoms with Crippen LogP contribution in [0.1, 0.15) is 5.56 Å². The van der Waals surface area contributed by atoms with E-state index in [1.54, 1.807) is 0 Å². The van der Waals surface area contributed by atoms with E-state index < -0.39 is 0 Å². The first kappa shape index (κ1) is 17.9. The normalized spacial score (nSPS) is 9.59. The van der Waals surface area contributed by atoms with Crippen molar-refractivity contribution >= 4 is 17.1 Å². The molecule has 0 aliphatic rings. The molecule has 0 aromatic heterocycles. The molecule has 2 aromatic carbocycles. The van der Waals surface area contributed by atoms with Crippen molar-refractivity contribution in [2.24, 2.45) is 0 Å². The summed E-state index contributed by atoms with van der Waals surface area (Å²) in [5, 5.41) is 0. The van der Waals surface area contributed by atoms with Crippen LogP contribution in [0, 0.1) is 6.92 Å². The molecule has 0 atom stereocenters. The van der Waals surface area contributed by atoms with E-state index in [4.69, 9.17) is 0 Å². The van der Waals surface area contributed by atoms with E-state index in [1.807, 2.05) is 14.1 Å². The van der Waals surface area contributed by atoms with E-state index in [9.17, 15) is 0 Å². The van der Waals surface area contributed by atoms with Gasteiger partial charge in [0.05, 0.1) is 0 Å². The van der Waals surface area contributed by atoms with Crippen molar-refractivity contribution in [3.63, 3.8) is 0 Å². The predicted molar refractivity (Wildman–Crippen MR) is 101 cm³/mol. The van der Waals surface area contributed by atoms with Crippen molar-refractivity contribution in [3.05, 3.63) is 54.1 Å². The van der Waals surface area contributed by atoms with Gasteiger partial charge in [0.15, 0.2) is 0 Å². The number of hydrogen-bond acceptors (Lipinski definition) is 3. The molecule has 0 saturated carbocycles. The van der Waals surface area contributed by atoms with Crippen LogP contribution < -0.4 is 14.7 Å². The molecule has 22 heavy (non-hydrogen) atoms. The zero-order chi connectivity index (χ0) is 16.7. The number of nitrogens with zero attached hydrogens (tertiary/aromatic N) is 3. The Balaban J connectivity index is 0.000000224. The summed E-state index contributed by atoms with van der Waals surface area (Å²) < 4.78 is 0. The van der Waals surface area contributed by atoms with Crippen LogP contribution in [0.3, 0.4) is 0 Å². The zero-order valence-electron chi connectivity index (χ0n) is 15.0. The Kier molecular flexibility index (Phi) is 6.77. The molecular weight excluding hydrogens is 270 g/mol. The van der Waals surface area contributed by atoms with Gasteiger partial charge in [-0.15, -0.1) is 0 Å². The third-order valence-electron chi connectivity index (χ3n) is 3.41. The summed E-state index contributed by atoms with van der Waals surface area (Å²) in [6, 6.07) is 16.9. The fourth-order valence-corrected chi connectivity index (χ4v) is 1.89. The molecule has 0 aliphatic carbocycles. The Morgan fingerprint density at radius 1 is 0.545 bits per heavy atom. The van der Waals surface area contributed by atoms with Gasteiger partial charge in [0.1, 0.15) is 0 Å². The third kappa shape index (κ3) is 5.68. The molecule has 3 nitrogen and oxygen atoms in total. The van der Waals surface area contributed by atoms with Gasteiger partial charge in [-0.3, -0.25) is 0 Å². The van der Waals surface area contributed by atoms with E-state index in [0.717, 1.165) is 0 Å². The fourth-order valence-electron chi connectivity index (χ4n) is 1.89. The molecule has 0 heterocycles. The van der Waals surface area contributed by atoms with Crippen molar-refractivity contribution < 1.29 is 0 Å². The molecule has 0 amide bonds. The largest absolute Gasteiger partial charge is 0.378 e. The molecule has 0 spiro atoms. The van der Waals surface area contributed by atoms with Crippen LogP contribution in [-0.2, 0) is 0 Å². The molecule has 0 radical (unpaired) electrons. The van der Waals surface area contributed by atoms with Gasteiger partial charge in [-0.1, -0.05) is 23.8 Å². The maximum absolute atomic E-state index is 2.17. The molecule has 0 saturated heterocycles. The van der Waals surface area contributed by atoms with Crippen molar-refractivity contribution in [2.75, 3.05) is 57.0 Å². The van der Waals surface area contributed by atoms with Gasteiger partial charge in [0.2, 0.25) is 0 Å². The van der Waals surface area contributed by atoms with Crippen LogP contribution in [-0.4, -0.2) is 42.3 Å². The highest BCUT2D eigenvalue weighted by Gasteiger charge is 1.97. The van der Waals surface area contributed by atoms with E-state index in [2.05, 4.69) is 98.3 Å². The predicted octanol–water partition coefficient (Wildman–Crippen LogP) is 3.88. The first-order valence-corrected chi connectivity index (χ1v) is 7.50. The van der Waals surface area contributed by atoms with Gasteiger partial charge >= 0.3 is 0 Å². The Morgan fingerprint density at radius 2 is 0.955 bits per heavy atom. The highest BCUT2D eigenvalue weighted by molar-refractivity contribution is 5.58. The van der Waals surface area contributed by atoms with Crippen molar-refractivity contribution in [2.45, 2.75) is 6.92 Å². The van der Waals surface area contributed by atoms with Gasteiger partial charge in [-0.05, 0) is 37.3 Å². The molecule has 0 aliphatic heterocycles. The Morgan fingerprint density at radius 3 is 1.32 bits per heavy atom. The van der Waals surface area contributed by atoms with E-state index >= 15 is 0 Å². The second-order valence-electron chi connectivity index (χ2n) is 6.04. The van der Waals surface area contributed by atoms with Gasteiger partial charge in [-0.25, -0.2) is 0 Å². The summed E-state index contributed by atoms with van der Waals surface area (Å²) in [4.78, 5) is 6.30. The van der Waals surface area contributed by atoms with Crippen LogP contribution in [0.2, 0.25) is 0 Å². The Hall–Kier alpha value is -2.16. The molecule has 0 N–H and O–H groups in total. The molecule has 2 rings (SSSR count). The minimum Gasteiger partial charge on any atom is -0.378 e. The monoisotopic (exact) mass is 299 g/mol. The van der Waals surface area contributed by atoms with E-state index in [-0.39, 0.29) is 0 Å². The fraction of sp³-hybridized carbons (Fsp3) is 0.368. The number of rotatable bonds is 3. The summed E-state index contributed by atoms with van der Waals surface area (Å²) in [6.07, 6.45) is 0. The van der Waals surface area contributed by atoms with Crippen LogP contribution in [0.15, 0.2) is 48.5 Å². The first-order chi connectivity index (χ1) is 10.3. The molecule has 0 unspecified atom stereocenters. The highest BCUT2D eigenvalue weighted by Crippen LogP contribution is 2.18. The van der Waals surface area contributed by atoms with E-state index in [1.165, 1.54) is 22.6 Å². The minimum atomic E-state index is 1.24. The Labute approximate surface area is 135 Å². The quantitative estimate of drug-likeness (QED) is 0.851. The van der Waals surface area contributed by atoms with Crippen LogP contribution in [0.5, 0.6) is 0 Å². The summed E-state index contributed by atoms with van der Waals surface area (Å²) in [6.45, 7) is 2.10. The average molecular weight is 299 g/mol. The van der Waals surface area contributed by atoms with E-state index in [0.29, 0.717) is 0 Å². The third-order valence-corrected chi connectivity index (χ3v) is 3.41. The van der Waals surface area contributed by atoms with Crippen molar-refractivity contribution in [1.82, 2.24) is 0 Å². The molecular formula is C19H29N3. The molecule has 0 bridgehead atoms. The highest BCUT2D eigenvalue weighted by atomic mass is 15.1. The maximum atomic E-state index is 2.17. The second kappa shape index (κ2) is 8.32. The molecule has 120 valence electrons. The SMILES string of the molecule is CN(C)c1cccc(N(C)C)c1.Cc1ccc(N(C)C)cc1. The number of anilines is 3. The van der Waals surface area contributed by atoms with Gasteiger partial charge in [0, 0.05) is 59.3 Å². The lowest BCUT2D eigenvalue weighted by atomic mass is 10.2.